The van der Waals surface area contributed by atoms with E-state index < -0.39 is 5.97 Å². The predicted octanol–water partition coefficient (Wildman–Crippen LogP) is 7.07. The minimum absolute atomic E-state index is 0.202. The van der Waals surface area contributed by atoms with Crippen LogP contribution in [0.15, 0.2) is 58.4 Å². The molecule has 1 N–H and O–H groups in total. The summed E-state index contributed by atoms with van der Waals surface area (Å²) in [5.74, 6) is 0.577. The van der Waals surface area contributed by atoms with Gasteiger partial charge in [-0.1, -0.05) is 41.6 Å². The van der Waals surface area contributed by atoms with Crippen LogP contribution in [0.5, 0.6) is 0 Å². The summed E-state index contributed by atoms with van der Waals surface area (Å²) in [6.45, 7) is 2.66. The molecule has 3 fully saturated rings. The molecule has 0 amide bonds. The number of aromatic carboxylic acids is 1. The number of anilines is 1. The first-order valence-electron chi connectivity index (χ1n) is 13.8. The molecule has 3 atom stereocenters. The summed E-state index contributed by atoms with van der Waals surface area (Å²) in [6.07, 6.45) is 6.82. The first-order chi connectivity index (χ1) is 19.0. The van der Waals surface area contributed by atoms with Gasteiger partial charge >= 0.3 is 5.97 Å². The van der Waals surface area contributed by atoms with E-state index in [0.29, 0.717) is 24.6 Å². The van der Waals surface area contributed by atoms with Crippen molar-refractivity contribution in [2.45, 2.75) is 76.2 Å². The molecule has 7 nitrogen and oxygen atoms in total. The van der Waals surface area contributed by atoms with Gasteiger partial charge in [0.05, 0.1) is 24.0 Å². The van der Waals surface area contributed by atoms with Crippen LogP contribution in [-0.2, 0) is 11.3 Å². The quantitative estimate of drug-likeness (QED) is 0.255. The van der Waals surface area contributed by atoms with E-state index in [0.717, 1.165) is 77.5 Å². The van der Waals surface area contributed by atoms with Crippen molar-refractivity contribution in [3.63, 3.8) is 0 Å². The van der Waals surface area contributed by atoms with Crippen LogP contribution in [0.4, 0.5) is 5.13 Å². The minimum atomic E-state index is -0.915. The number of benzene rings is 2. The van der Waals surface area contributed by atoms with E-state index in [4.69, 9.17) is 14.2 Å². The van der Waals surface area contributed by atoms with E-state index in [1.807, 2.05) is 12.1 Å². The number of carbonyl (C=O) groups is 1. The Morgan fingerprint density at radius 2 is 1.82 bits per heavy atom. The van der Waals surface area contributed by atoms with Gasteiger partial charge in [-0.2, -0.15) is 0 Å². The third-order valence-electron chi connectivity index (χ3n) is 8.46. The smallest absolute Gasteiger partial charge is 0.335 e. The summed E-state index contributed by atoms with van der Waals surface area (Å²) in [6, 6.07) is 16.1. The van der Waals surface area contributed by atoms with Crippen LogP contribution in [0.1, 0.15) is 71.7 Å². The van der Waals surface area contributed by atoms with Gasteiger partial charge in [-0.15, -0.1) is 11.3 Å². The Labute approximate surface area is 231 Å². The van der Waals surface area contributed by atoms with Crippen molar-refractivity contribution in [3.8, 4) is 22.5 Å². The molecule has 200 valence electrons. The Bertz CT molecular complexity index is 1490. The molecule has 0 spiro atoms. The molecular weight excluding hydrogens is 510 g/mol. The van der Waals surface area contributed by atoms with Gasteiger partial charge in [0.15, 0.2) is 5.13 Å². The topological polar surface area (TPSA) is 88.7 Å². The number of aromatic nitrogens is 2. The lowest BCUT2D eigenvalue weighted by Crippen LogP contribution is -2.45. The number of hydrogen-bond donors (Lipinski definition) is 1. The molecule has 4 heterocycles. The molecule has 2 aromatic heterocycles. The summed E-state index contributed by atoms with van der Waals surface area (Å²) in [4.78, 5) is 18.6. The fraction of sp³-hybridized carbons (Fsp3) is 0.387. The van der Waals surface area contributed by atoms with E-state index in [9.17, 15) is 9.90 Å². The fourth-order valence-electron chi connectivity index (χ4n) is 6.25. The van der Waals surface area contributed by atoms with Crippen LogP contribution in [-0.4, -0.2) is 39.4 Å². The van der Waals surface area contributed by atoms with Crippen LogP contribution < -0.4 is 4.90 Å². The number of aryl methyl sites for hydroxylation is 1. The average Bonchev–Trinajstić information content (AvgIpc) is 3.41. The van der Waals surface area contributed by atoms with E-state index in [2.05, 4.69) is 46.6 Å². The largest absolute Gasteiger partial charge is 0.478 e. The van der Waals surface area contributed by atoms with Gasteiger partial charge in [-0.3, -0.25) is 0 Å². The Hall–Kier alpha value is -3.49. The molecular formula is C31H31N3O4S. The van der Waals surface area contributed by atoms with E-state index >= 15 is 0 Å². The Kier molecular flexibility index (Phi) is 6.24. The summed E-state index contributed by atoms with van der Waals surface area (Å²) in [7, 11) is 0. The van der Waals surface area contributed by atoms with Crippen LogP contribution in [0.25, 0.3) is 22.5 Å². The Morgan fingerprint density at radius 3 is 2.51 bits per heavy atom. The number of hydrogen-bond acceptors (Lipinski definition) is 7. The molecule has 1 unspecified atom stereocenters. The van der Waals surface area contributed by atoms with Gasteiger partial charge in [0, 0.05) is 40.1 Å². The zero-order valence-electron chi connectivity index (χ0n) is 21.9. The molecule has 2 bridgehead atoms. The molecule has 2 aromatic carbocycles. The number of ether oxygens (including phenoxy) is 1. The number of nitrogens with zero attached hydrogens (tertiary/aromatic N) is 3. The molecule has 8 heteroatoms. The molecule has 1 aliphatic carbocycles. The molecule has 0 radical (unpaired) electrons. The monoisotopic (exact) mass is 541 g/mol. The van der Waals surface area contributed by atoms with Crippen LogP contribution in [0.2, 0.25) is 0 Å². The van der Waals surface area contributed by atoms with Crippen LogP contribution in [0, 0.1) is 6.92 Å². The van der Waals surface area contributed by atoms with Crippen molar-refractivity contribution in [1.29, 1.82) is 0 Å². The van der Waals surface area contributed by atoms with Crippen LogP contribution >= 0.6 is 11.3 Å². The number of piperidine rings is 1. The summed E-state index contributed by atoms with van der Waals surface area (Å²) >= 11 is 1.67. The first kappa shape index (κ1) is 24.5. The minimum Gasteiger partial charge on any atom is -0.478 e. The SMILES string of the molecule is Cc1ccccc1-c1noc(C2CC2)c1COC1C[C@H]2CC[C@@H](C1)N2c1nc(-c2ccc(C(=O)O)cc2)cs1. The zero-order chi connectivity index (χ0) is 26.5. The first-order valence-corrected chi connectivity index (χ1v) is 14.7. The molecule has 4 aromatic rings. The van der Waals surface area contributed by atoms with Crippen molar-refractivity contribution in [3.05, 3.63) is 76.4 Å². The highest BCUT2D eigenvalue weighted by atomic mass is 32.1. The number of carboxylic acids is 1. The molecule has 2 saturated heterocycles. The van der Waals surface area contributed by atoms with Crippen molar-refractivity contribution in [1.82, 2.24) is 10.1 Å². The van der Waals surface area contributed by atoms with E-state index in [-0.39, 0.29) is 11.7 Å². The highest BCUT2D eigenvalue weighted by molar-refractivity contribution is 7.14. The van der Waals surface area contributed by atoms with Gasteiger partial charge in [0.2, 0.25) is 0 Å². The standard InChI is InChI=1S/C31H31N3O4S/c1-18-4-2-3-5-25(18)28-26(29(38-33-28)20-8-9-20)16-37-24-14-22-12-13-23(15-24)34(22)31-32-27(17-39-31)19-6-10-21(11-7-19)30(35)36/h2-7,10-11,17,20,22-24H,8-9,12-16H2,1H3,(H,35,36)/t22-,23+,24?. The highest BCUT2D eigenvalue weighted by Gasteiger charge is 2.43. The highest BCUT2D eigenvalue weighted by Crippen LogP contribution is 2.46. The van der Waals surface area contributed by atoms with E-state index in [1.54, 1.807) is 23.5 Å². The fourth-order valence-corrected chi connectivity index (χ4v) is 7.23. The second kappa shape index (κ2) is 9.92. The number of thiazole rings is 1. The lowest BCUT2D eigenvalue weighted by Gasteiger charge is -2.38. The van der Waals surface area contributed by atoms with E-state index in [1.165, 1.54) is 5.56 Å². The lowest BCUT2D eigenvalue weighted by atomic mass is 9.99. The summed E-state index contributed by atoms with van der Waals surface area (Å²) in [5, 5.41) is 16.8. The van der Waals surface area contributed by atoms with Crippen molar-refractivity contribution in [2.75, 3.05) is 4.90 Å². The maximum absolute atomic E-state index is 11.2. The Morgan fingerprint density at radius 1 is 1.08 bits per heavy atom. The van der Waals surface area contributed by atoms with Gasteiger partial charge < -0.3 is 19.3 Å². The van der Waals surface area contributed by atoms with Crippen molar-refractivity contribution >= 4 is 22.4 Å². The zero-order valence-corrected chi connectivity index (χ0v) is 22.7. The molecule has 3 aliphatic rings. The molecule has 7 rings (SSSR count). The Balaban J connectivity index is 1.05. The third-order valence-corrected chi connectivity index (χ3v) is 9.31. The normalized spacial score (nSPS) is 22.4. The van der Waals surface area contributed by atoms with Gasteiger partial charge in [-0.25, -0.2) is 9.78 Å². The average molecular weight is 542 g/mol. The van der Waals surface area contributed by atoms with Crippen molar-refractivity contribution < 1.29 is 19.2 Å². The molecule has 1 saturated carbocycles. The van der Waals surface area contributed by atoms with Crippen molar-refractivity contribution in [2.24, 2.45) is 0 Å². The maximum Gasteiger partial charge on any atom is 0.335 e. The van der Waals surface area contributed by atoms with Gasteiger partial charge in [0.1, 0.15) is 11.5 Å². The van der Waals surface area contributed by atoms with Crippen LogP contribution in [0.3, 0.4) is 0 Å². The third kappa shape index (κ3) is 4.66. The number of rotatable bonds is 8. The molecule has 39 heavy (non-hydrogen) atoms. The number of fused-ring (bicyclic) bond motifs is 2. The summed E-state index contributed by atoms with van der Waals surface area (Å²) < 4.78 is 12.5. The second-order valence-corrected chi connectivity index (χ2v) is 11.9. The van der Waals surface area contributed by atoms with Gasteiger partial charge in [0.25, 0.3) is 0 Å². The van der Waals surface area contributed by atoms with Gasteiger partial charge in [-0.05, 0) is 63.1 Å². The lowest BCUT2D eigenvalue weighted by molar-refractivity contribution is 0.0147. The summed E-state index contributed by atoms with van der Waals surface area (Å²) in [5.41, 5.74) is 6.50. The predicted molar refractivity (Wildman–Crippen MR) is 150 cm³/mol. The maximum atomic E-state index is 11.2. The number of carboxylic acid groups (broad SMARTS) is 1. The molecule has 2 aliphatic heterocycles. The second-order valence-electron chi connectivity index (χ2n) is 11.1.